The maximum absolute atomic E-state index is 14.0. The molecule has 5 nitrogen and oxygen atoms in total. The molecule has 8 heteroatoms. The number of nitrogens with one attached hydrogen (secondary N) is 1. The number of carbonyl (C=O) groups is 1. The number of aromatic nitrogens is 1. The van der Waals surface area contributed by atoms with E-state index in [4.69, 9.17) is 4.74 Å². The number of ether oxygens (including phenoxy) is 1. The minimum atomic E-state index is -4.42. The lowest BCUT2D eigenvalue weighted by molar-refractivity contribution is -0.144. The van der Waals surface area contributed by atoms with E-state index in [1.54, 1.807) is 0 Å². The Morgan fingerprint density at radius 3 is 2.88 bits per heavy atom. The summed E-state index contributed by atoms with van der Waals surface area (Å²) in [5, 5.41) is 3.95. The van der Waals surface area contributed by atoms with Crippen molar-refractivity contribution in [2.45, 2.75) is 82.6 Å². The van der Waals surface area contributed by atoms with Gasteiger partial charge in [-0.2, -0.15) is 13.2 Å². The van der Waals surface area contributed by atoms with Crippen molar-refractivity contribution in [1.82, 2.24) is 15.2 Å². The van der Waals surface area contributed by atoms with Crippen LogP contribution in [0.15, 0.2) is 12.3 Å². The molecule has 1 amide bonds. The van der Waals surface area contributed by atoms with Gasteiger partial charge in [-0.3, -0.25) is 9.78 Å². The van der Waals surface area contributed by atoms with Crippen molar-refractivity contribution in [2.75, 3.05) is 19.8 Å². The molecule has 0 aromatic carbocycles. The van der Waals surface area contributed by atoms with Crippen LogP contribution in [0.3, 0.4) is 0 Å². The average molecular weight is 478 g/mol. The van der Waals surface area contributed by atoms with E-state index in [1.165, 1.54) is 18.9 Å². The Bertz CT molecular complexity index is 950. The van der Waals surface area contributed by atoms with Gasteiger partial charge in [0.15, 0.2) is 0 Å². The van der Waals surface area contributed by atoms with Gasteiger partial charge in [0, 0.05) is 56.0 Å². The van der Waals surface area contributed by atoms with Gasteiger partial charge in [-0.25, -0.2) is 0 Å². The van der Waals surface area contributed by atoms with E-state index in [1.807, 2.05) is 4.90 Å². The number of nitrogens with zero attached hydrogens (tertiary/aromatic N) is 2. The van der Waals surface area contributed by atoms with Crippen LogP contribution in [0.4, 0.5) is 13.2 Å². The first kappa shape index (κ1) is 22.8. The Labute approximate surface area is 198 Å². The van der Waals surface area contributed by atoms with Gasteiger partial charge in [-0.05, 0) is 68.4 Å². The SMILES string of the molecule is O=C(N1CCc2ncc(C(F)(F)F)cc2C1)[C@@]12CCC[C@@H]1C[C@@H](N[C@@H]1CCOC[C@@H]1C1CC1)C2. The van der Waals surface area contributed by atoms with E-state index in [2.05, 4.69) is 10.3 Å². The largest absolute Gasteiger partial charge is 0.417 e. The lowest BCUT2D eigenvalue weighted by Gasteiger charge is -2.38. The second kappa shape index (κ2) is 8.47. The highest BCUT2D eigenvalue weighted by Crippen LogP contribution is 2.56. The summed E-state index contributed by atoms with van der Waals surface area (Å²) in [5.74, 6) is 1.92. The molecule has 1 aromatic rings. The fourth-order valence-electron chi connectivity index (χ4n) is 7.45. The van der Waals surface area contributed by atoms with Crippen molar-refractivity contribution >= 4 is 5.91 Å². The van der Waals surface area contributed by atoms with Crippen molar-refractivity contribution in [3.63, 3.8) is 0 Å². The number of hydrogen-bond donors (Lipinski definition) is 1. The topological polar surface area (TPSA) is 54.5 Å². The molecule has 0 bridgehead atoms. The predicted octanol–water partition coefficient (Wildman–Crippen LogP) is 4.34. The van der Waals surface area contributed by atoms with Crippen LogP contribution in [-0.2, 0) is 28.7 Å². The van der Waals surface area contributed by atoms with Crippen LogP contribution in [0.25, 0.3) is 0 Å². The van der Waals surface area contributed by atoms with Gasteiger partial charge in [-0.1, -0.05) is 6.42 Å². The molecule has 4 fully saturated rings. The van der Waals surface area contributed by atoms with Crippen molar-refractivity contribution < 1.29 is 22.7 Å². The van der Waals surface area contributed by atoms with Gasteiger partial charge in [0.1, 0.15) is 0 Å². The number of hydrogen-bond acceptors (Lipinski definition) is 4. The first-order valence-corrected chi connectivity index (χ1v) is 13.0. The first-order chi connectivity index (χ1) is 16.3. The van der Waals surface area contributed by atoms with E-state index in [-0.39, 0.29) is 17.9 Å². The number of pyridine rings is 1. The van der Waals surface area contributed by atoms with E-state index in [0.29, 0.717) is 48.1 Å². The van der Waals surface area contributed by atoms with Crippen LogP contribution < -0.4 is 5.32 Å². The summed E-state index contributed by atoms with van der Waals surface area (Å²) in [7, 11) is 0. The molecule has 5 aliphatic rings. The minimum Gasteiger partial charge on any atom is -0.381 e. The maximum Gasteiger partial charge on any atom is 0.417 e. The van der Waals surface area contributed by atoms with Gasteiger partial charge in [0.05, 0.1) is 17.6 Å². The smallest absolute Gasteiger partial charge is 0.381 e. The Kier molecular flexibility index (Phi) is 5.67. The van der Waals surface area contributed by atoms with Crippen LogP contribution in [0.2, 0.25) is 0 Å². The number of alkyl halides is 3. The quantitative estimate of drug-likeness (QED) is 0.701. The number of carbonyl (C=O) groups excluding carboxylic acids is 1. The fourth-order valence-corrected chi connectivity index (χ4v) is 7.45. The van der Waals surface area contributed by atoms with E-state index < -0.39 is 11.7 Å². The van der Waals surface area contributed by atoms with Crippen LogP contribution in [-0.4, -0.2) is 47.6 Å². The molecule has 0 radical (unpaired) electrons. The third kappa shape index (κ3) is 4.04. The second-order valence-electron chi connectivity index (χ2n) is 11.3. The van der Waals surface area contributed by atoms with Crippen molar-refractivity contribution in [3.8, 4) is 0 Å². The van der Waals surface area contributed by atoms with E-state index in [9.17, 15) is 18.0 Å². The lowest BCUT2D eigenvalue weighted by atomic mass is 9.78. The fraction of sp³-hybridized carbons (Fsp3) is 0.769. The summed E-state index contributed by atoms with van der Waals surface area (Å²) < 4.78 is 45.4. The third-order valence-electron chi connectivity index (χ3n) is 9.29. The summed E-state index contributed by atoms with van der Waals surface area (Å²) in [6, 6.07) is 2.01. The van der Waals surface area contributed by atoms with Crippen LogP contribution in [0, 0.1) is 23.2 Å². The zero-order chi connectivity index (χ0) is 23.5. The van der Waals surface area contributed by atoms with Crippen LogP contribution in [0.5, 0.6) is 0 Å². The highest BCUT2D eigenvalue weighted by Gasteiger charge is 2.56. The molecule has 5 atom stereocenters. The summed E-state index contributed by atoms with van der Waals surface area (Å²) in [6.45, 7) is 2.44. The first-order valence-electron chi connectivity index (χ1n) is 13.0. The highest BCUT2D eigenvalue weighted by atomic mass is 19.4. The van der Waals surface area contributed by atoms with Gasteiger partial charge < -0.3 is 15.0 Å². The summed E-state index contributed by atoms with van der Waals surface area (Å²) in [6.07, 6.45) is 5.61. The van der Waals surface area contributed by atoms with Gasteiger partial charge in [0.25, 0.3) is 0 Å². The number of rotatable bonds is 4. The minimum absolute atomic E-state index is 0.160. The van der Waals surface area contributed by atoms with Gasteiger partial charge >= 0.3 is 6.18 Å². The van der Waals surface area contributed by atoms with Gasteiger partial charge in [0.2, 0.25) is 5.91 Å². The molecule has 1 aromatic heterocycles. The molecule has 1 saturated heterocycles. The second-order valence-corrected chi connectivity index (χ2v) is 11.3. The lowest BCUT2D eigenvalue weighted by Crippen LogP contribution is -2.49. The molecule has 34 heavy (non-hydrogen) atoms. The maximum atomic E-state index is 14.0. The van der Waals surface area contributed by atoms with Crippen LogP contribution in [0.1, 0.15) is 68.2 Å². The molecular weight excluding hydrogens is 443 g/mol. The zero-order valence-corrected chi connectivity index (χ0v) is 19.6. The number of amides is 1. The summed E-state index contributed by atoms with van der Waals surface area (Å²) >= 11 is 0. The zero-order valence-electron chi connectivity index (χ0n) is 19.6. The molecule has 0 spiro atoms. The monoisotopic (exact) mass is 477 g/mol. The molecule has 1 N–H and O–H groups in total. The average Bonchev–Trinajstić information content (AvgIpc) is 3.50. The van der Waals surface area contributed by atoms with E-state index in [0.717, 1.165) is 63.9 Å². The standard InChI is InChI=1S/C26H34F3N3O2/c27-26(28,29)19-10-17-14-32(8-5-22(17)30-13-19)24(33)25-7-1-2-18(25)11-20(12-25)31-23-6-9-34-15-21(23)16-3-4-16/h10,13,16,18,20-21,23,31H,1-9,11-12,14-15H2/t18-,20-,21-,23-,25-/m1/s1. The summed E-state index contributed by atoms with van der Waals surface area (Å²) in [5.41, 5.74) is 0.144. The molecule has 2 aliphatic heterocycles. The van der Waals surface area contributed by atoms with Crippen molar-refractivity contribution in [2.24, 2.45) is 23.2 Å². The molecule has 3 heterocycles. The van der Waals surface area contributed by atoms with Crippen LogP contribution >= 0.6 is 0 Å². The Morgan fingerprint density at radius 1 is 1.24 bits per heavy atom. The molecule has 3 saturated carbocycles. The summed E-state index contributed by atoms with van der Waals surface area (Å²) in [4.78, 5) is 19.8. The number of halogens is 3. The molecule has 186 valence electrons. The van der Waals surface area contributed by atoms with E-state index >= 15 is 0 Å². The highest BCUT2D eigenvalue weighted by molar-refractivity contribution is 5.84. The normalized spacial score (nSPS) is 35.8. The molecular formula is C26H34F3N3O2. The molecule has 6 rings (SSSR count). The Balaban J connectivity index is 1.17. The molecule has 0 unspecified atom stereocenters. The van der Waals surface area contributed by atoms with Gasteiger partial charge in [-0.15, -0.1) is 0 Å². The Morgan fingerprint density at radius 2 is 2.09 bits per heavy atom. The number of fused-ring (bicyclic) bond motifs is 2. The predicted molar refractivity (Wildman–Crippen MR) is 120 cm³/mol. The Hall–Kier alpha value is -1.67. The van der Waals surface area contributed by atoms with Crippen molar-refractivity contribution in [1.29, 1.82) is 0 Å². The van der Waals surface area contributed by atoms with Crippen molar-refractivity contribution in [3.05, 3.63) is 29.1 Å². The third-order valence-corrected chi connectivity index (χ3v) is 9.29. The molecule has 3 aliphatic carbocycles.